The van der Waals surface area contributed by atoms with Crippen LogP contribution in [0.1, 0.15) is 6.92 Å². The molecule has 3 nitrogen and oxygen atoms in total. The van der Waals surface area contributed by atoms with E-state index in [1.165, 1.54) is 0 Å². The molecule has 1 heterocycles. The summed E-state index contributed by atoms with van der Waals surface area (Å²) in [4.78, 5) is 2.12. The molecule has 0 amide bonds. The van der Waals surface area contributed by atoms with Gasteiger partial charge in [-0.25, -0.2) is 0 Å². The van der Waals surface area contributed by atoms with Crippen molar-refractivity contribution in [1.29, 1.82) is 0 Å². The topological polar surface area (TPSA) is 21.7 Å². The molecule has 0 aliphatic carbocycles. The second-order valence-electron chi connectivity index (χ2n) is 3.37. The van der Waals surface area contributed by atoms with E-state index in [2.05, 4.69) is 4.90 Å². The predicted molar refractivity (Wildman–Crippen MR) is 43.7 cm³/mol. The van der Waals surface area contributed by atoms with Gasteiger partial charge in [0, 0.05) is 6.54 Å². The first-order valence-corrected chi connectivity index (χ1v) is 4.06. The Kier molecular flexibility index (Phi) is 3.30. The van der Waals surface area contributed by atoms with E-state index in [1.54, 1.807) is 0 Å². The van der Waals surface area contributed by atoms with E-state index in [0.29, 0.717) is 0 Å². The van der Waals surface area contributed by atoms with E-state index >= 15 is 0 Å². The van der Waals surface area contributed by atoms with E-state index in [4.69, 9.17) is 9.47 Å². The Labute approximate surface area is 68.3 Å². The molecule has 0 saturated carbocycles. The maximum absolute atomic E-state index is 5.63. The van der Waals surface area contributed by atoms with Crippen LogP contribution in [-0.2, 0) is 9.47 Å². The number of ether oxygens (including phenoxy) is 2. The number of rotatable bonds is 2. The van der Waals surface area contributed by atoms with Gasteiger partial charge in [0.2, 0.25) is 0 Å². The highest BCUT2D eigenvalue weighted by atomic mass is 16.6. The van der Waals surface area contributed by atoms with Crippen molar-refractivity contribution in [3.05, 3.63) is 0 Å². The molecule has 1 aliphatic heterocycles. The first-order valence-electron chi connectivity index (χ1n) is 4.06. The predicted octanol–water partition coefficient (Wildman–Crippen LogP) is 0.352. The van der Waals surface area contributed by atoms with Crippen LogP contribution >= 0.6 is 0 Å². The van der Waals surface area contributed by atoms with Crippen molar-refractivity contribution in [3.8, 4) is 0 Å². The van der Waals surface area contributed by atoms with Gasteiger partial charge in [-0.3, -0.25) is 0 Å². The number of likely N-dealkylation sites (N-methyl/N-ethyl adjacent to an activating group) is 1. The Bertz CT molecular complexity index is 115. The molecule has 1 fully saturated rings. The lowest BCUT2D eigenvalue weighted by Gasteiger charge is -2.29. The maximum atomic E-state index is 5.63. The zero-order valence-electron chi connectivity index (χ0n) is 7.54. The van der Waals surface area contributed by atoms with Gasteiger partial charge in [-0.1, -0.05) is 0 Å². The number of nitrogens with zero attached hydrogens (tertiary/aromatic N) is 1. The third kappa shape index (κ3) is 3.18. The van der Waals surface area contributed by atoms with Gasteiger partial charge in [-0.2, -0.15) is 0 Å². The minimum absolute atomic E-state index is 0.258. The Hall–Kier alpha value is -0.120. The van der Waals surface area contributed by atoms with Crippen LogP contribution in [0.15, 0.2) is 0 Å². The first kappa shape index (κ1) is 8.97. The van der Waals surface area contributed by atoms with Gasteiger partial charge in [0.15, 0.2) is 0 Å². The Morgan fingerprint density at radius 3 is 2.64 bits per heavy atom. The van der Waals surface area contributed by atoms with Crippen LogP contribution in [0.5, 0.6) is 0 Å². The molecule has 2 unspecified atom stereocenters. The van der Waals surface area contributed by atoms with Gasteiger partial charge < -0.3 is 14.4 Å². The number of hydrogen-bond donors (Lipinski definition) is 0. The van der Waals surface area contributed by atoms with E-state index in [9.17, 15) is 0 Å². The third-order valence-electron chi connectivity index (χ3n) is 1.65. The zero-order valence-corrected chi connectivity index (χ0v) is 7.54. The molecule has 0 spiro atoms. The molecule has 0 aromatic rings. The molecule has 11 heavy (non-hydrogen) atoms. The molecule has 66 valence electrons. The highest BCUT2D eigenvalue weighted by Crippen LogP contribution is 2.07. The Morgan fingerprint density at radius 1 is 1.36 bits per heavy atom. The van der Waals surface area contributed by atoms with Crippen LogP contribution in [0, 0.1) is 0 Å². The van der Waals surface area contributed by atoms with E-state index in [1.807, 2.05) is 21.0 Å². The number of hydrogen-bond acceptors (Lipinski definition) is 3. The van der Waals surface area contributed by atoms with E-state index < -0.39 is 0 Å². The van der Waals surface area contributed by atoms with Crippen LogP contribution in [0.25, 0.3) is 0 Å². The van der Waals surface area contributed by atoms with Gasteiger partial charge in [0.05, 0.1) is 25.4 Å². The average Bonchev–Trinajstić information content (AvgIpc) is 1.85. The van der Waals surface area contributed by atoms with Gasteiger partial charge in [0.25, 0.3) is 0 Å². The minimum Gasteiger partial charge on any atom is -0.376 e. The molecule has 1 aliphatic rings. The van der Waals surface area contributed by atoms with Crippen LogP contribution in [-0.4, -0.2) is 51.0 Å². The summed E-state index contributed by atoms with van der Waals surface area (Å²) in [5.74, 6) is 0. The first-order chi connectivity index (χ1) is 5.18. The fourth-order valence-electron chi connectivity index (χ4n) is 1.28. The van der Waals surface area contributed by atoms with Gasteiger partial charge in [-0.05, 0) is 21.0 Å². The molecule has 1 saturated heterocycles. The normalized spacial score (nSPS) is 32.7. The molecule has 0 N–H and O–H groups in total. The van der Waals surface area contributed by atoms with Crippen molar-refractivity contribution < 1.29 is 9.47 Å². The van der Waals surface area contributed by atoms with Crippen molar-refractivity contribution in [2.45, 2.75) is 19.1 Å². The zero-order chi connectivity index (χ0) is 8.27. The quantitative estimate of drug-likeness (QED) is 0.580. The highest BCUT2D eigenvalue weighted by molar-refractivity contribution is 4.67. The molecule has 2 atom stereocenters. The van der Waals surface area contributed by atoms with Crippen LogP contribution < -0.4 is 0 Å². The summed E-state index contributed by atoms with van der Waals surface area (Å²) in [6.45, 7) is 4.47. The molecular formula is C8H17NO2. The van der Waals surface area contributed by atoms with E-state index in [0.717, 1.165) is 19.8 Å². The lowest BCUT2D eigenvalue weighted by molar-refractivity contribution is -0.134. The molecular weight excluding hydrogens is 142 g/mol. The van der Waals surface area contributed by atoms with Crippen LogP contribution in [0.3, 0.4) is 0 Å². The fraction of sp³-hybridized carbons (Fsp3) is 1.00. The monoisotopic (exact) mass is 159 g/mol. The summed E-state index contributed by atoms with van der Waals surface area (Å²) in [5, 5.41) is 0. The maximum Gasteiger partial charge on any atom is 0.0939 e. The largest absolute Gasteiger partial charge is 0.376 e. The van der Waals surface area contributed by atoms with E-state index in [-0.39, 0.29) is 12.2 Å². The molecule has 0 bridgehead atoms. The van der Waals surface area contributed by atoms with Crippen LogP contribution in [0.2, 0.25) is 0 Å². The van der Waals surface area contributed by atoms with Crippen molar-refractivity contribution in [2.75, 3.05) is 33.9 Å². The summed E-state index contributed by atoms with van der Waals surface area (Å²) in [7, 11) is 4.09. The summed E-state index contributed by atoms with van der Waals surface area (Å²) >= 11 is 0. The fourth-order valence-corrected chi connectivity index (χ4v) is 1.28. The van der Waals surface area contributed by atoms with Crippen molar-refractivity contribution in [1.82, 2.24) is 4.90 Å². The van der Waals surface area contributed by atoms with Crippen molar-refractivity contribution in [3.63, 3.8) is 0 Å². The van der Waals surface area contributed by atoms with Crippen LogP contribution in [0.4, 0.5) is 0 Å². The molecule has 0 aromatic heterocycles. The SMILES string of the molecule is CC1COCC(CN(C)C)O1. The summed E-state index contributed by atoms with van der Waals surface area (Å²) in [5.41, 5.74) is 0. The second kappa shape index (κ2) is 4.04. The highest BCUT2D eigenvalue weighted by Gasteiger charge is 2.19. The second-order valence-corrected chi connectivity index (χ2v) is 3.37. The molecule has 3 heteroatoms. The average molecular weight is 159 g/mol. The summed E-state index contributed by atoms with van der Waals surface area (Å²) in [6, 6.07) is 0. The smallest absolute Gasteiger partial charge is 0.0939 e. The Morgan fingerprint density at radius 2 is 2.09 bits per heavy atom. The van der Waals surface area contributed by atoms with Crippen molar-refractivity contribution >= 4 is 0 Å². The molecule has 0 aromatic carbocycles. The summed E-state index contributed by atoms with van der Waals surface area (Å²) in [6.07, 6.45) is 0.516. The minimum atomic E-state index is 0.258. The van der Waals surface area contributed by atoms with Crippen molar-refractivity contribution in [2.24, 2.45) is 0 Å². The summed E-state index contributed by atoms with van der Waals surface area (Å²) < 4.78 is 11.0. The lowest BCUT2D eigenvalue weighted by atomic mass is 10.3. The van der Waals surface area contributed by atoms with Gasteiger partial charge >= 0.3 is 0 Å². The van der Waals surface area contributed by atoms with Gasteiger partial charge in [-0.15, -0.1) is 0 Å². The molecule has 1 rings (SSSR count). The standard InChI is InChI=1S/C8H17NO2/c1-7-5-10-6-8(11-7)4-9(2)3/h7-8H,4-6H2,1-3H3. The third-order valence-corrected chi connectivity index (χ3v) is 1.65. The van der Waals surface area contributed by atoms with Gasteiger partial charge in [0.1, 0.15) is 0 Å². The molecule has 0 radical (unpaired) electrons. The lowest BCUT2D eigenvalue weighted by Crippen LogP contribution is -2.40. The Balaban J connectivity index is 2.23.